The van der Waals surface area contributed by atoms with Gasteiger partial charge in [-0.1, -0.05) is 0 Å². The molecule has 0 bridgehead atoms. The summed E-state index contributed by atoms with van der Waals surface area (Å²) in [5.74, 6) is -1.36. The van der Waals surface area contributed by atoms with Crippen LogP contribution in [0.1, 0.15) is 12.8 Å². The van der Waals surface area contributed by atoms with Crippen molar-refractivity contribution in [2.75, 3.05) is 19.8 Å². The van der Waals surface area contributed by atoms with Gasteiger partial charge in [-0.25, -0.2) is 9.59 Å². The molecule has 0 aromatic carbocycles. The molecule has 2 atom stereocenters. The molecule has 0 aromatic heterocycles. The number of aliphatic hydroxyl groups excluding tert-OH is 1. The van der Waals surface area contributed by atoms with Gasteiger partial charge in [-0.2, -0.15) is 0 Å². The molecule has 2 amide bonds. The lowest BCUT2D eigenvalue weighted by molar-refractivity contribution is -0.146. The first kappa shape index (κ1) is 12.7. The summed E-state index contributed by atoms with van der Waals surface area (Å²) in [6, 6.07) is -0.536. The van der Waals surface area contributed by atoms with Crippen LogP contribution >= 0.6 is 0 Å². The zero-order valence-electron chi connectivity index (χ0n) is 8.81. The number of aliphatic carboxylic acids is 1. The van der Waals surface area contributed by atoms with E-state index in [0.29, 0.717) is 13.2 Å². The van der Waals surface area contributed by atoms with E-state index in [1.165, 1.54) is 0 Å². The van der Waals surface area contributed by atoms with Crippen LogP contribution in [0.5, 0.6) is 0 Å². The summed E-state index contributed by atoms with van der Waals surface area (Å²) in [5.41, 5.74) is 0. The fourth-order valence-corrected chi connectivity index (χ4v) is 1.37. The first-order valence-corrected chi connectivity index (χ1v) is 5.12. The Morgan fingerprint density at radius 2 is 2.25 bits per heavy atom. The Balaban J connectivity index is 2.17. The maximum absolute atomic E-state index is 11.3. The number of aliphatic hydroxyl groups is 1. The zero-order valence-corrected chi connectivity index (χ0v) is 8.81. The van der Waals surface area contributed by atoms with E-state index in [4.69, 9.17) is 14.9 Å². The third kappa shape index (κ3) is 4.45. The van der Waals surface area contributed by atoms with Crippen molar-refractivity contribution in [3.8, 4) is 0 Å². The highest BCUT2D eigenvalue weighted by Crippen LogP contribution is 2.05. The van der Waals surface area contributed by atoms with Gasteiger partial charge >= 0.3 is 12.0 Å². The Bertz CT molecular complexity index is 252. The van der Waals surface area contributed by atoms with Gasteiger partial charge in [-0.3, -0.25) is 0 Å². The average molecular weight is 232 g/mol. The number of carbonyl (C=O) groups excluding carboxylic acids is 1. The van der Waals surface area contributed by atoms with Gasteiger partial charge in [0.1, 0.15) is 0 Å². The van der Waals surface area contributed by atoms with E-state index in [9.17, 15) is 9.59 Å². The highest BCUT2D eigenvalue weighted by Gasteiger charge is 2.18. The topological polar surface area (TPSA) is 108 Å². The highest BCUT2D eigenvalue weighted by molar-refractivity contribution is 5.76. The van der Waals surface area contributed by atoms with Crippen LogP contribution in [0.15, 0.2) is 0 Å². The van der Waals surface area contributed by atoms with Crippen molar-refractivity contribution in [1.82, 2.24) is 10.6 Å². The number of carbonyl (C=O) groups is 2. The molecule has 1 heterocycles. The van der Waals surface area contributed by atoms with E-state index in [1.807, 2.05) is 0 Å². The molecule has 1 rings (SSSR count). The predicted molar refractivity (Wildman–Crippen MR) is 54.0 cm³/mol. The number of nitrogens with one attached hydrogen (secondary N) is 2. The zero-order chi connectivity index (χ0) is 12.0. The largest absolute Gasteiger partial charge is 0.479 e. The lowest BCUT2D eigenvalue weighted by Gasteiger charge is -2.23. The summed E-state index contributed by atoms with van der Waals surface area (Å²) in [4.78, 5) is 21.5. The molecule has 1 aliphatic heterocycles. The van der Waals surface area contributed by atoms with Gasteiger partial charge in [0.05, 0.1) is 19.2 Å². The Morgan fingerprint density at radius 1 is 1.50 bits per heavy atom. The lowest BCUT2D eigenvalue weighted by atomic mass is 10.1. The smallest absolute Gasteiger partial charge is 0.334 e. The summed E-state index contributed by atoms with van der Waals surface area (Å²) < 4.78 is 5.16. The van der Waals surface area contributed by atoms with E-state index in [2.05, 4.69) is 10.6 Å². The van der Waals surface area contributed by atoms with Gasteiger partial charge in [0, 0.05) is 6.61 Å². The van der Waals surface area contributed by atoms with Gasteiger partial charge in [-0.15, -0.1) is 0 Å². The molecule has 1 aliphatic rings. The van der Waals surface area contributed by atoms with Crippen LogP contribution in [0.2, 0.25) is 0 Å². The highest BCUT2D eigenvalue weighted by atomic mass is 16.5. The second-order valence-corrected chi connectivity index (χ2v) is 3.62. The van der Waals surface area contributed by atoms with Crippen LogP contribution in [0, 0.1) is 0 Å². The third-order valence-corrected chi connectivity index (χ3v) is 2.24. The summed E-state index contributed by atoms with van der Waals surface area (Å²) in [5, 5.41) is 22.2. The molecule has 0 spiro atoms. The maximum Gasteiger partial charge on any atom is 0.334 e. The van der Waals surface area contributed by atoms with Crippen molar-refractivity contribution in [2.24, 2.45) is 0 Å². The number of amides is 2. The Kier molecular flexibility index (Phi) is 5.00. The van der Waals surface area contributed by atoms with E-state index >= 15 is 0 Å². The number of carboxylic acids is 1. The Labute approximate surface area is 92.8 Å². The molecule has 0 saturated carbocycles. The van der Waals surface area contributed by atoms with Crippen molar-refractivity contribution in [1.29, 1.82) is 0 Å². The summed E-state index contributed by atoms with van der Waals surface area (Å²) >= 11 is 0. The van der Waals surface area contributed by atoms with Gasteiger partial charge in [-0.05, 0) is 12.8 Å². The normalized spacial score (nSPS) is 22.2. The molecule has 0 aliphatic carbocycles. The van der Waals surface area contributed by atoms with Crippen LogP contribution in [-0.4, -0.2) is 54.1 Å². The standard InChI is InChI=1S/C9H16N2O5/c12-7(8(13)14)4-10-9(15)11-6-2-1-3-16-5-6/h6-7,12H,1-5H2,(H,13,14)(H2,10,11,15). The number of hydrogen-bond acceptors (Lipinski definition) is 4. The minimum absolute atomic E-state index is 0.0456. The van der Waals surface area contributed by atoms with Crippen LogP contribution in [0.25, 0.3) is 0 Å². The first-order chi connectivity index (χ1) is 7.59. The summed E-state index contributed by atoms with van der Waals surface area (Å²) in [7, 11) is 0. The van der Waals surface area contributed by atoms with Crippen molar-refractivity contribution >= 4 is 12.0 Å². The molecule has 92 valence electrons. The maximum atomic E-state index is 11.3. The van der Waals surface area contributed by atoms with Gasteiger partial charge < -0.3 is 25.6 Å². The SMILES string of the molecule is O=C(NCC(O)C(=O)O)NC1CCCOC1. The fraction of sp³-hybridized carbons (Fsp3) is 0.778. The number of urea groups is 1. The van der Waals surface area contributed by atoms with Crippen LogP contribution in [0.4, 0.5) is 4.79 Å². The molecule has 7 nitrogen and oxygen atoms in total. The molecule has 2 unspecified atom stereocenters. The molecule has 16 heavy (non-hydrogen) atoms. The van der Waals surface area contributed by atoms with Gasteiger partial charge in [0.25, 0.3) is 0 Å². The Hall–Kier alpha value is -1.34. The molecule has 4 N–H and O–H groups in total. The molecule has 0 aromatic rings. The number of rotatable bonds is 4. The van der Waals surface area contributed by atoms with Crippen LogP contribution in [-0.2, 0) is 9.53 Å². The van der Waals surface area contributed by atoms with Crippen LogP contribution in [0.3, 0.4) is 0 Å². The van der Waals surface area contributed by atoms with E-state index in [0.717, 1.165) is 12.8 Å². The quantitative estimate of drug-likeness (QED) is 0.492. The van der Waals surface area contributed by atoms with Crippen molar-refractivity contribution in [3.05, 3.63) is 0 Å². The van der Waals surface area contributed by atoms with Crippen molar-refractivity contribution in [3.63, 3.8) is 0 Å². The molecule has 1 fully saturated rings. The summed E-state index contributed by atoms with van der Waals surface area (Å²) in [6.07, 6.45) is 0.158. The number of ether oxygens (including phenoxy) is 1. The average Bonchev–Trinajstić information content (AvgIpc) is 2.27. The molecule has 0 radical (unpaired) electrons. The fourth-order valence-electron chi connectivity index (χ4n) is 1.37. The Morgan fingerprint density at radius 3 is 2.81 bits per heavy atom. The monoisotopic (exact) mass is 232 g/mol. The van der Waals surface area contributed by atoms with E-state index in [1.54, 1.807) is 0 Å². The second-order valence-electron chi connectivity index (χ2n) is 3.62. The third-order valence-electron chi connectivity index (χ3n) is 2.24. The van der Waals surface area contributed by atoms with Crippen LogP contribution < -0.4 is 10.6 Å². The summed E-state index contributed by atoms with van der Waals surface area (Å²) in [6.45, 7) is 0.862. The van der Waals surface area contributed by atoms with Crippen molar-refractivity contribution in [2.45, 2.75) is 25.0 Å². The minimum Gasteiger partial charge on any atom is -0.479 e. The predicted octanol–water partition coefficient (Wildman–Crippen LogP) is -1.09. The molecular weight excluding hydrogens is 216 g/mol. The van der Waals surface area contributed by atoms with E-state index in [-0.39, 0.29) is 12.6 Å². The molecular formula is C9H16N2O5. The second kappa shape index (κ2) is 6.29. The van der Waals surface area contributed by atoms with Crippen molar-refractivity contribution < 1.29 is 24.5 Å². The number of hydrogen-bond donors (Lipinski definition) is 4. The lowest BCUT2D eigenvalue weighted by Crippen LogP contribution is -2.48. The molecule has 7 heteroatoms. The first-order valence-electron chi connectivity index (χ1n) is 5.12. The van der Waals surface area contributed by atoms with Gasteiger partial charge in [0.2, 0.25) is 0 Å². The van der Waals surface area contributed by atoms with Gasteiger partial charge in [0.15, 0.2) is 6.10 Å². The number of carboxylic acid groups (broad SMARTS) is 1. The van der Waals surface area contributed by atoms with E-state index < -0.39 is 18.1 Å². The molecule has 1 saturated heterocycles. The minimum atomic E-state index is -1.58.